The van der Waals surface area contributed by atoms with Crippen LogP contribution < -0.4 is 10.2 Å². The quantitative estimate of drug-likeness (QED) is 0.462. The number of nitrogens with one attached hydrogen (secondary N) is 1. The number of amides is 1. The topological polar surface area (TPSA) is 55.8 Å². The van der Waals surface area contributed by atoms with Gasteiger partial charge in [0, 0.05) is 31.4 Å². The first-order valence-electron chi connectivity index (χ1n) is 13.8. The predicted molar refractivity (Wildman–Crippen MR) is 149 cm³/mol. The fourth-order valence-electron chi connectivity index (χ4n) is 5.88. The lowest BCUT2D eigenvalue weighted by Gasteiger charge is -2.43. The standard InChI is InChI=1S/C32H39N3O2/c36-31(33-24-26-7-3-1-4-8-26)23-25-11-13-29(14-12-25)35-21-17-30(18-22-35)34-19-15-28(16-20-34)32(37)27-9-5-2-6-10-27/h1-14,28,30,32,37H,15-24H2,(H,33,36). The number of aliphatic hydroxyl groups excluding tert-OH is 1. The van der Waals surface area contributed by atoms with Gasteiger partial charge in [0.2, 0.25) is 5.91 Å². The van der Waals surface area contributed by atoms with Crippen LogP contribution in [-0.2, 0) is 17.8 Å². The summed E-state index contributed by atoms with van der Waals surface area (Å²) in [6.07, 6.45) is 4.55. The summed E-state index contributed by atoms with van der Waals surface area (Å²) in [5, 5.41) is 13.8. The molecule has 37 heavy (non-hydrogen) atoms. The molecule has 2 aliphatic rings. The van der Waals surface area contributed by atoms with Gasteiger partial charge in [0.05, 0.1) is 12.5 Å². The van der Waals surface area contributed by atoms with Crippen molar-refractivity contribution in [2.24, 2.45) is 5.92 Å². The van der Waals surface area contributed by atoms with E-state index in [0.717, 1.165) is 55.7 Å². The van der Waals surface area contributed by atoms with Gasteiger partial charge in [-0.1, -0.05) is 72.8 Å². The van der Waals surface area contributed by atoms with E-state index in [0.29, 0.717) is 24.9 Å². The molecular formula is C32H39N3O2. The minimum Gasteiger partial charge on any atom is -0.388 e. The summed E-state index contributed by atoms with van der Waals surface area (Å²) < 4.78 is 0. The van der Waals surface area contributed by atoms with Crippen molar-refractivity contribution in [2.45, 2.75) is 50.8 Å². The monoisotopic (exact) mass is 497 g/mol. The normalized spacial score (nSPS) is 18.5. The number of benzene rings is 3. The summed E-state index contributed by atoms with van der Waals surface area (Å²) in [6.45, 7) is 4.86. The summed E-state index contributed by atoms with van der Waals surface area (Å²) in [5.74, 6) is 0.412. The van der Waals surface area contributed by atoms with E-state index >= 15 is 0 Å². The Morgan fingerprint density at radius 3 is 2.05 bits per heavy atom. The van der Waals surface area contributed by atoms with Crippen LogP contribution in [0.4, 0.5) is 5.69 Å². The van der Waals surface area contributed by atoms with Gasteiger partial charge < -0.3 is 20.2 Å². The van der Waals surface area contributed by atoms with Crippen molar-refractivity contribution < 1.29 is 9.90 Å². The van der Waals surface area contributed by atoms with Gasteiger partial charge in [-0.2, -0.15) is 0 Å². The molecule has 3 aromatic rings. The number of aliphatic hydroxyl groups is 1. The molecule has 0 bridgehead atoms. The number of nitrogens with zero attached hydrogens (tertiary/aromatic N) is 2. The minimum absolute atomic E-state index is 0.0532. The molecule has 5 nitrogen and oxygen atoms in total. The predicted octanol–water partition coefficient (Wildman–Crippen LogP) is 4.96. The molecule has 0 spiro atoms. The average Bonchev–Trinajstić information content (AvgIpc) is 2.97. The molecule has 3 aromatic carbocycles. The third-order valence-corrected chi connectivity index (χ3v) is 8.14. The molecule has 2 heterocycles. The molecule has 1 unspecified atom stereocenters. The van der Waals surface area contributed by atoms with Crippen LogP contribution in [0.1, 0.15) is 48.5 Å². The zero-order chi connectivity index (χ0) is 25.5. The van der Waals surface area contributed by atoms with Crippen molar-refractivity contribution in [3.63, 3.8) is 0 Å². The summed E-state index contributed by atoms with van der Waals surface area (Å²) >= 11 is 0. The zero-order valence-corrected chi connectivity index (χ0v) is 21.6. The van der Waals surface area contributed by atoms with Crippen LogP contribution in [0.2, 0.25) is 0 Å². The molecule has 2 N–H and O–H groups in total. The molecule has 0 radical (unpaired) electrons. The Bertz CT molecular complexity index is 1100. The van der Waals surface area contributed by atoms with E-state index in [9.17, 15) is 9.90 Å². The molecule has 1 amide bonds. The van der Waals surface area contributed by atoms with Crippen LogP contribution in [0.5, 0.6) is 0 Å². The molecule has 0 saturated carbocycles. The molecule has 2 fully saturated rings. The van der Waals surface area contributed by atoms with Gasteiger partial charge in [-0.05, 0) is 73.5 Å². The largest absolute Gasteiger partial charge is 0.388 e. The highest BCUT2D eigenvalue weighted by Gasteiger charge is 2.31. The first-order valence-corrected chi connectivity index (χ1v) is 13.8. The third-order valence-electron chi connectivity index (χ3n) is 8.14. The molecular weight excluding hydrogens is 458 g/mol. The highest BCUT2D eigenvalue weighted by molar-refractivity contribution is 5.78. The van der Waals surface area contributed by atoms with Crippen molar-refractivity contribution in [1.29, 1.82) is 0 Å². The lowest BCUT2D eigenvalue weighted by atomic mass is 9.86. The fraction of sp³-hybridized carbons (Fsp3) is 0.406. The van der Waals surface area contributed by atoms with Crippen molar-refractivity contribution in [3.05, 3.63) is 102 Å². The molecule has 194 valence electrons. The second kappa shape index (κ2) is 12.4. The van der Waals surface area contributed by atoms with Crippen molar-refractivity contribution >= 4 is 11.6 Å². The molecule has 2 saturated heterocycles. The van der Waals surface area contributed by atoms with Crippen molar-refractivity contribution in [1.82, 2.24) is 10.2 Å². The Kier molecular flexibility index (Phi) is 8.54. The highest BCUT2D eigenvalue weighted by Crippen LogP contribution is 2.33. The van der Waals surface area contributed by atoms with E-state index in [2.05, 4.69) is 39.4 Å². The molecule has 0 aliphatic carbocycles. The summed E-state index contributed by atoms with van der Waals surface area (Å²) in [4.78, 5) is 17.5. The van der Waals surface area contributed by atoms with Crippen LogP contribution in [0, 0.1) is 5.92 Å². The van der Waals surface area contributed by atoms with Gasteiger partial charge in [-0.25, -0.2) is 0 Å². The van der Waals surface area contributed by atoms with E-state index in [1.807, 2.05) is 60.7 Å². The Morgan fingerprint density at radius 1 is 0.784 bits per heavy atom. The van der Waals surface area contributed by atoms with Gasteiger partial charge in [0.25, 0.3) is 0 Å². The van der Waals surface area contributed by atoms with E-state index in [1.54, 1.807) is 0 Å². The van der Waals surface area contributed by atoms with E-state index in [-0.39, 0.29) is 12.0 Å². The van der Waals surface area contributed by atoms with Crippen LogP contribution in [-0.4, -0.2) is 48.1 Å². The number of hydrogen-bond donors (Lipinski definition) is 2. The zero-order valence-electron chi connectivity index (χ0n) is 21.6. The maximum atomic E-state index is 12.3. The Morgan fingerprint density at radius 2 is 1.41 bits per heavy atom. The number of carbonyl (C=O) groups is 1. The molecule has 2 aliphatic heterocycles. The summed E-state index contributed by atoms with van der Waals surface area (Å²) in [7, 11) is 0. The summed E-state index contributed by atoms with van der Waals surface area (Å²) in [6, 6.07) is 29.3. The third kappa shape index (κ3) is 6.79. The van der Waals surface area contributed by atoms with Gasteiger partial charge in [0.15, 0.2) is 0 Å². The lowest BCUT2D eigenvalue weighted by Crippen LogP contribution is -2.48. The number of rotatable bonds is 8. The van der Waals surface area contributed by atoms with Gasteiger partial charge in [0.1, 0.15) is 0 Å². The maximum absolute atomic E-state index is 12.3. The van der Waals surface area contributed by atoms with Crippen molar-refractivity contribution in [2.75, 3.05) is 31.1 Å². The van der Waals surface area contributed by atoms with Crippen molar-refractivity contribution in [3.8, 4) is 0 Å². The Labute approximate surface area is 221 Å². The van der Waals surface area contributed by atoms with Crippen LogP contribution in [0.3, 0.4) is 0 Å². The Balaban J connectivity index is 1.04. The minimum atomic E-state index is -0.344. The molecule has 5 heteroatoms. The highest BCUT2D eigenvalue weighted by atomic mass is 16.3. The first-order chi connectivity index (χ1) is 18.2. The summed E-state index contributed by atoms with van der Waals surface area (Å²) in [5.41, 5.74) is 4.46. The smallest absolute Gasteiger partial charge is 0.224 e. The van der Waals surface area contributed by atoms with Crippen LogP contribution in [0.25, 0.3) is 0 Å². The maximum Gasteiger partial charge on any atom is 0.224 e. The lowest BCUT2D eigenvalue weighted by molar-refractivity contribution is -0.120. The number of likely N-dealkylation sites (tertiary alicyclic amines) is 1. The van der Waals surface area contributed by atoms with E-state index < -0.39 is 0 Å². The SMILES string of the molecule is O=C(Cc1ccc(N2CCC(N3CCC(C(O)c4ccccc4)CC3)CC2)cc1)NCc1ccccc1. The van der Waals surface area contributed by atoms with Gasteiger partial charge >= 0.3 is 0 Å². The van der Waals surface area contributed by atoms with Gasteiger partial charge in [-0.15, -0.1) is 0 Å². The van der Waals surface area contributed by atoms with Gasteiger partial charge in [-0.3, -0.25) is 4.79 Å². The van der Waals surface area contributed by atoms with E-state index in [1.165, 1.54) is 18.5 Å². The second-order valence-corrected chi connectivity index (χ2v) is 10.6. The molecule has 0 aromatic heterocycles. The van der Waals surface area contributed by atoms with Crippen LogP contribution in [0.15, 0.2) is 84.9 Å². The number of hydrogen-bond acceptors (Lipinski definition) is 4. The molecule has 1 atom stereocenters. The van der Waals surface area contributed by atoms with Crippen LogP contribution >= 0.6 is 0 Å². The first kappa shape index (κ1) is 25.5. The molecule has 5 rings (SSSR count). The number of anilines is 1. The number of piperidine rings is 2. The fourth-order valence-corrected chi connectivity index (χ4v) is 5.88. The van der Waals surface area contributed by atoms with E-state index in [4.69, 9.17) is 0 Å². The second-order valence-electron chi connectivity index (χ2n) is 10.6. The number of carbonyl (C=O) groups excluding carboxylic acids is 1. The Hall–Kier alpha value is -3.15. The average molecular weight is 498 g/mol.